The van der Waals surface area contributed by atoms with Crippen LogP contribution in [0.5, 0.6) is 11.5 Å². The van der Waals surface area contributed by atoms with Crippen LogP contribution in [0.15, 0.2) is 48.5 Å². The predicted molar refractivity (Wildman–Crippen MR) is 103 cm³/mol. The molecule has 3 rings (SSSR count). The Bertz CT molecular complexity index is 817. The summed E-state index contributed by atoms with van der Waals surface area (Å²) in [7, 11) is 1.56. The van der Waals surface area contributed by atoms with Crippen molar-refractivity contribution in [1.82, 2.24) is 4.90 Å². The number of methoxy groups -OCH3 is 1. The second-order valence-electron chi connectivity index (χ2n) is 6.93. The number of likely N-dealkylation sites (tertiary alicyclic amines) is 1. The van der Waals surface area contributed by atoms with Crippen molar-refractivity contribution >= 4 is 11.6 Å². The summed E-state index contributed by atoms with van der Waals surface area (Å²) in [5, 5.41) is 2.93. The zero-order chi connectivity index (χ0) is 20.9. The summed E-state index contributed by atoms with van der Waals surface area (Å²) >= 11 is 0. The van der Waals surface area contributed by atoms with E-state index in [9.17, 15) is 18.0 Å². The van der Waals surface area contributed by atoms with Gasteiger partial charge in [-0.05, 0) is 55.8 Å². The van der Waals surface area contributed by atoms with Crippen molar-refractivity contribution in [1.29, 1.82) is 0 Å². The molecule has 1 aliphatic heterocycles. The van der Waals surface area contributed by atoms with E-state index in [1.54, 1.807) is 31.4 Å². The molecule has 1 heterocycles. The van der Waals surface area contributed by atoms with Gasteiger partial charge in [0.15, 0.2) is 0 Å². The SMILES string of the molecule is COc1ccccc1NC(=O)C1CCN(Cc2ccc(OC(F)(F)F)cc2)CC1. The molecule has 1 aliphatic rings. The Morgan fingerprint density at radius 1 is 1.10 bits per heavy atom. The van der Waals surface area contributed by atoms with Gasteiger partial charge in [-0.1, -0.05) is 24.3 Å². The van der Waals surface area contributed by atoms with Crippen LogP contribution in [0.2, 0.25) is 0 Å². The van der Waals surface area contributed by atoms with Gasteiger partial charge in [0, 0.05) is 12.5 Å². The maximum absolute atomic E-state index is 12.6. The molecule has 0 atom stereocenters. The molecule has 0 aliphatic carbocycles. The van der Waals surface area contributed by atoms with Gasteiger partial charge < -0.3 is 14.8 Å². The molecule has 0 unspecified atom stereocenters. The molecule has 0 saturated carbocycles. The van der Waals surface area contributed by atoms with Crippen molar-refractivity contribution in [2.24, 2.45) is 5.92 Å². The van der Waals surface area contributed by atoms with Gasteiger partial charge in [0.1, 0.15) is 11.5 Å². The summed E-state index contributed by atoms with van der Waals surface area (Å²) in [5.41, 5.74) is 1.56. The molecule has 156 valence electrons. The van der Waals surface area contributed by atoms with Crippen LogP contribution >= 0.6 is 0 Å². The third kappa shape index (κ3) is 6.12. The van der Waals surface area contributed by atoms with Crippen molar-refractivity contribution in [3.8, 4) is 11.5 Å². The fourth-order valence-electron chi connectivity index (χ4n) is 3.39. The molecular formula is C21H23F3N2O3. The lowest BCUT2D eigenvalue weighted by Gasteiger charge is -2.31. The van der Waals surface area contributed by atoms with Crippen molar-refractivity contribution < 1.29 is 27.4 Å². The first-order chi connectivity index (χ1) is 13.8. The normalized spacial score (nSPS) is 15.7. The molecule has 1 N–H and O–H groups in total. The van der Waals surface area contributed by atoms with Crippen LogP contribution in [-0.2, 0) is 11.3 Å². The lowest BCUT2D eigenvalue weighted by Crippen LogP contribution is -2.37. The van der Waals surface area contributed by atoms with Gasteiger partial charge in [0.05, 0.1) is 12.8 Å². The monoisotopic (exact) mass is 408 g/mol. The van der Waals surface area contributed by atoms with Crippen molar-refractivity contribution in [2.75, 3.05) is 25.5 Å². The van der Waals surface area contributed by atoms with Gasteiger partial charge in [-0.3, -0.25) is 9.69 Å². The second-order valence-corrected chi connectivity index (χ2v) is 6.93. The van der Waals surface area contributed by atoms with E-state index < -0.39 is 6.36 Å². The molecular weight excluding hydrogens is 385 g/mol. The third-order valence-corrected chi connectivity index (χ3v) is 4.89. The number of amides is 1. The minimum atomic E-state index is -4.69. The molecule has 2 aromatic rings. The molecule has 29 heavy (non-hydrogen) atoms. The number of alkyl halides is 3. The Morgan fingerprint density at radius 3 is 2.38 bits per heavy atom. The van der Waals surface area contributed by atoms with Crippen molar-refractivity contribution in [2.45, 2.75) is 25.7 Å². The molecule has 1 saturated heterocycles. The van der Waals surface area contributed by atoms with Crippen molar-refractivity contribution in [3.63, 3.8) is 0 Å². The number of nitrogens with one attached hydrogen (secondary N) is 1. The van der Waals surface area contributed by atoms with Gasteiger partial charge in [-0.25, -0.2) is 0 Å². The van der Waals surface area contributed by atoms with E-state index in [1.165, 1.54) is 12.1 Å². The average Bonchev–Trinajstić information content (AvgIpc) is 2.69. The molecule has 2 aromatic carbocycles. The number of benzene rings is 2. The molecule has 0 aromatic heterocycles. The summed E-state index contributed by atoms with van der Waals surface area (Å²) in [6.07, 6.45) is -3.25. The lowest BCUT2D eigenvalue weighted by molar-refractivity contribution is -0.274. The number of halogens is 3. The Balaban J connectivity index is 1.48. The first kappa shape index (κ1) is 21.0. The van der Waals surface area contributed by atoms with Crippen LogP contribution in [-0.4, -0.2) is 37.4 Å². The highest BCUT2D eigenvalue weighted by Crippen LogP contribution is 2.27. The number of hydrogen-bond acceptors (Lipinski definition) is 4. The summed E-state index contributed by atoms with van der Waals surface area (Å²) < 4.78 is 45.8. The number of anilines is 1. The summed E-state index contributed by atoms with van der Waals surface area (Å²) in [6, 6.07) is 13.2. The first-order valence-electron chi connectivity index (χ1n) is 9.35. The van der Waals surface area contributed by atoms with E-state index in [0.29, 0.717) is 18.0 Å². The number of piperidine rings is 1. The lowest BCUT2D eigenvalue weighted by atomic mass is 9.95. The van der Waals surface area contributed by atoms with Gasteiger partial charge in [-0.2, -0.15) is 0 Å². The Morgan fingerprint density at radius 2 is 1.76 bits per heavy atom. The van der Waals surface area contributed by atoms with Crippen LogP contribution in [0.4, 0.5) is 18.9 Å². The Labute approximate surface area is 167 Å². The number of nitrogens with zero attached hydrogens (tertiary/aromatic N) is 1. The van der Waals surface area contributed by atoms with Crippen LogP contribution in [0.1, 0.15) is 18.4 Å². The van der Waals surface area contributed by atoms with Gasteiger partial charge in [-0.15, -0.1) is 13.2 Å². The first-order valence-corrected chi connectivity index (χ1v) is 9.35. The zero-order valence-corrected chi connectivity index (χ0v) is 16.0. The molecule has 0 spiro atoms. The van der Waals surface area contributed by atoms with E-state index in [-0.39, 0.29) is 17.6 Å². The predicted octanol–water partition coefficient (Wildman–Crippen LogP) is 4.44. The summed E-state index contributed by atoms with van der Waals surface area (Å²) in [4.78, 5) is 14.7. The molecule has 0 bridgehead atoms. The third-order valence-electron chi connectivity index (χ3n) is 4.89. The maximum atomic E-state index is 12.6. The number of para-hydroxylation sites is 2. The number of carbonyl (C=O) groups is 1. The second kappa shape index (κ2) is 9.17. The smallest absolute Gasteiger partial charge is 0.495 e. The van der Waals surface area contributed by atoms with E-state index in [2.05, 4.69) is 15.0 Å². The highest BCUT2D eigenvalue weighted by molar-refractivity contribution is 5.94. The maximum Gasteiger partial charge on any atom is 0.573 e. The molecule has 1 fully saturated rings. The van der Waals surface area contributed by atoms with Crippen LogP contribution in [0.25, 0.3) is 0 Å². The molecule has 0 radical (unpaired) electrons. The number of ether oxygens (including phenoxy) is 2. The van der Waals surface area contributed by atoms with Gasteiger partial charge in [0.25, 0.3) is 0 Å². The number of carbonyl (C=O) groups excluding carboxylic acids is 1. The Kier molecular flexibility index (Phi) is 6.64. The van der Waals surface area contributed by atoms with Crippen LogP contribution in [0.3, 0.4) is 0 Å². The summed E-state index contributed by atoms with van der Waals surface area (Å²) in [5.74, 6) is 0.283. The standard InChI is InChI=1S/C21H23F3N2O3/c1-28-19-5-3-2-4-18(19)25-20(27)16-10-12-26(13-11-16)14-15-6-8-17(9-7-15)29-21(22,23)24/h2-9,16H,10-14H2,1H3,(H,25,27). The largest absolute Gasteiger partial charge is 0.573 e. The van der Waals surface area contributed by atoms with Gasteiger partial charge in [0.2, 0.25) is 5.91 Å². The van der Waals surface area contributed by atoms with E-state index >= 15 is 0 Å². The minimum absolute atomic E-state index is 0.0252. The van der Waals surface area contributed by atoms with Crippen molar-refractivity contribution in [3.05, 3.63) is 54.1 Å². The molecule has 1 amide bonds. The minimum Gasteiger partial charge on any atom is -0.495 e. The Hall–Kier alpha value is -2.74. The summed E-state index contributed by atoms with van der Waals surface area (Å²) in [6.45, 7) is 2.10. The van der Waals surface area contributed by atoms with Gasteiger partial charge >= 0.3 is 6.36 Å². The highest BCUT2D eigenvalue weighted by Gasteiger charge is 2.31. The number of rotatable bonds is 6. The fourth-order valence-corrected chi connectivity index (χ4v) is 3.39. The zero-order valence-electron chi connectivity index (χ0n) is 16.0. The number of hydrogen-bond donors (Lipinski definition) is 1. The topological polar surface area (TPSA) is 50.8 Å². The van der Waals surface area contributed by atoms with Crippen LogP contribution in [0, 0.1) is 5.92 Å². The molecule has 8 heteroatoms. The quantitative estimate of drug-likeness (QED) is 0.768. The molecule has 5 nitrogen and oxygen atoms in total. The van der Waals surface area contributed by atoms with E-state index in [4.69, 9.17) is 4.74 Å². The average molecular weight is 408 g/mol. The van der Waals surface area contributed by atoms with Crippen LogP contribution < -0.4 is 14.8 Å². The van der Waals surface area contributed by atoms with E-state index in [1.807, 2.05) is 12.1 Å². The highest BCUT2D eigenvalue weighted by atomic mass is 19.4. The van der Waals surface area contributed by atoms with E-state index in [0.717, 1.165) is 31.5 Å². The fraction of sp³-hybridized carbons (Fsp3) is 0.381.